The zero-order valence-corrected chi connectivity index (χ0v) is 26.8. The van der Waals surface area contributed by atoms with Crippen LogP contribution in [0.5, 0.6) is 0 Å². The van der Waals surface area contributed by atoms with Crippen LogP contribution in [-0.4, -0.2) is 57.8 Å². The lowest BCUT2D eigenvalue weighted by molar-refractivity contribution is -0.671. The molecule has 44 heavy (non-hydrogen) atoms. The van der Waals surface area contributed by atoms with Gasteiger partial charge in [0.25, 0.3) is 0 Å². The maximum atomic E-state index is 12.4. The number of amides is 1. The molecule has 236 valence electrons. The number of benzene rings is 2. The fourth-order valence-electron chi connectivity index (χ4n) is 5.21. The topological polar surface area (TPSA) is 97.8 Å². The van der Waals surface area contributed by atoms with Crippen LogP contribution < -0.4 is 20.5 Å². The van der Waals surface area contributed by atoms with Crippen molar-refractivity contribution in [3.63, 3.8) is 0 Å². The highest BCUT2D eigenvalue weighted by Gasteiger charge is 2.25. The highest BCUT2D eigenvalue weighted by atomic mass is 32.2. The lowest BCUT2D eigenvalue weighted by Gasteiger charge is -2.20. The zero-order chi connectivity index (χ0) is 31.0. The normalized spacial score (nSPS) is 13.5. The van der Waals surface area contributed by atoms with Crippen LogP contribution in [0.15, 0.2) is 70.7 Å². The summed E-state index contributed by atoms with van der Waals surface area (Å²) in [5, 5.41) is 5.30. The fourth-order valence-corrected chi connectivity index (χ4v) is 6.35. The summed E-state index contributed by atoms with van der Waals surface area (Å²) in [6, 6.07) is 19.4. The van der Waals surface area contributed by atoms with Crippen LogP contribution in [0.4, 0.5) is 5.69 Å². The lowest BCUT2D eigenvalue weighted by Crippen LogP contribution is -2.34. The molecule has 1 amide bonds. The van der Waals surface area contributed by atoms with Gasteiger partial charge in [-0.3, -0.25) is 9.59 Å². The number of para-hydroxylation sites is 2. The van der Waals surface area contributed by atoms with Crippen molar-refractivity contribution in [3.05, 3.63) is 71.4 Å². The van der Waals surface area contributed by atoms with Gasteiger partial charge in [0.05, 0.1) is 42.5 Å². The van der Waals surface area contributed by atoms with Crippen molar-refractivity contribution in [1.29, 1.82) is 0 Å². The van der Waals surface area contributed by atoms with Crippen molar-refractivity contribution in [2.75, 3.05) is 51.0 Å². The Morgan fingerprint density at radius 1 is 0.932 bits per heavy atom. The first-order chi connectivity index (χ1) is 21.6. The molecule has 0 bridgehead atoms. The Morgan fingerprint density at radius 3 is 2.57 bits per heavy atom. The summed E-state index contributed by atoms with van der Waals surface area (Å²) in [6.45, 7) is 6.90. The van der Waals surface area contributed by atoms with Crippen molar-refractivity contribution in [3.8, 4) is 0 Å². The van der Waals surface area contributed by atoms with E-state index in [1.54, 1.807) is 0 Å². The van der Waals surface area contributed by atoms with Crippen LogP contribution in [0.25, 0.3) is 17.0 Å². The predicted octanol–water partition coefficient (Wildman–Crippen LogP) is 5.47. The van der Waals surface area contributed by atoms with E-state index in [2.05, 4.69) is 88.6 Å². The number of fused-ring (bicyclic) bond motifs is 2. The smallest absolute Gasteiger partial charge is 0.220 e. The SMILES string of the molecule is CCCCN1/C(=C/c2cc[n+](CCCCC(=O)CCC(=O)NCCOCCOCCN)c3ccccc23)Sc2ccccc21. The molecule has 0 spiro atoms. The van der Waals surface area contributed by atoms with E-state index in [4.69, 9.17) is 15.2 Å². The Morgan fingerprint density at radius 2 is 1.73 bits per heavy atom. The molecule has 3 aromatic rings. The van der Waals surface area contributed by atoms with E-state index >= 15 is 0 Å². The third kappa shape index (κ3) is 10.2. The number of nitrogens with two attached hydrogens (primary N) is 1. The van der Waals surface area contributed by atoms with Crippen molar-refractivity contribution >= 4 is 46.1 Å². The summed E-state index contributed by atoms with van der Waals surface area (Å²) >= 11 is 1.85. The molecule has 1 aliphatic heterocycles. The summed E-state index contributed by atoms with van der Waals surface area (Å²) in [6.07, 6.45) is 9.49. The molecule has 9 heteroatoms. The second-order valence-electron chi connectivity index (χ2n) is 10.9. The van der Waals surface area contributed by atoms with E-state index in [-0.39, 0.29) is 24.5 Å². The third-order valence-electron chi connectivity index (χ3n) is 7.55. The third-order valence-corrected chi connectivity index (χ3v) is 8.66. The van der Waals surface area contributed by atoms with Gasteiger partial charge in [-0.25, -0.2) is 0 Å². The number of aromatic nitrogens is 1. The molecule has 2 heterocycles. The number of ketones is 1. The zero-order valence-electron chi connectivity index (χ0n) is 26.0. The minimum Gasteiger partial charge on any atom is -0.378 e. The monoisotopic (exact) mass is 619 g/mol. The molecule has 0 saturated heterocycles. The van der Waals surface area contributed by atoms with Gasteiger partial charge in [-0.05, 0) is 42.7 Å². The molecule has 0 radical (unpaired) electrons. The number of hydrogen-bond acceptors (Lipinski definition) is 7. The number of nitrogens with one attached hydrogen (secondary N) is 1. The first kappa shape index (κ1) is 33.6. The van der Waals surface area contributed by atoms with Gasteiger partial charge in [-0.15, -0.1) is 0 Å². The molecule has 0 atom stereocenters. The standard InChI is InChI=1S/C35H46N4O4S/c1-2-3-21-39-32-13-6-7-14-33(32)44-35(39)27-28-17-22-38(31-12-5-4-11-30(28)31)20-9-8-10-29(40)15-16-34(41)37-19-24-43-26-25-42-23-18-36/h4-7,11-14,17,22,27H,2-3,8-10,15-16,18-21,23-26,36H2,1H3/p+1. The largest absolute Gasteiger partial charge is 0.378 e. The number of ether oxygens (including phenoxy) is 2. The van der Waals surface area contributed by atoms with Gasteiger partial charge in [-0.1, -0.05) is 49.4 Å². The van der Waals surface area contributed by atoms with Gasteiger partial charge in [0.1, 0.15) is 12.3 Å². The highest BCUT2D eigenvalue weighted by molar-refractivity contribution is 8.03. The van der Waals surface area contributed by atoms with E-state index in [9.17, 15) is 9.59 Å². The summed E-state index contributed by atoms with van der Waals surface area (Å²) in [5.74, 6) is 0.0137. The Labute approximate surface area is 266 Å². The number of pyridine rings is 1. The van der Waals surface area contributed by atoms with E-state index in [1.165, 1.54) is 32.1 Å². The summed E-state index contributed by atoms with van der Waals surface area (Å²) in [4.78, 5) is 28.2. The minimum absolute atomic E-state index is 0.119. The quantitative estimate of drug-likeness (QED) is 0.128. The molecule has 0 saturated carbocycles. The molecule has 2 aromatic carbocycles. The Hall–Kier alpha value is -3.24. The first-order valence-corrected chi connectivity index (χ1v) is 16.7. The molecular weight excluding hydrogens is 572 g/mol. The number of hydrogen-bond donors (Lipinski definition) is 2. The Kier molecular flexibility index (Phi) is 14.2. The Balaban J connectivity index is 1.23. The predicted molar refractivity (Wildman–Crippen MR) is 178 cm³/mol. The first-order valence-electron chi connectivity index (χ1n) is 15.9. The van der Waals surface area contributed by atoms with Crippen LogP contribution in [0, 0.1) is 0 Å². The number of carbonyl (C=O) groups is 2. The van der Waals surface area contributed by atoms with Gasteiger partial charge >= 0.3 is 0 Å². The summed E-state index contributed by atoms with van der Waals surface area (Å²) in [5.41, 5.74) is 9.06. The van der Waals surface area contributed by atoms with Crippen molar-refractivity contribution in [2.45, 2.75) is 63.3 Å². The second kappa shape index (κ2) is 18.5. The number of Topliss-reactive ketones (excluding diaryl/α,β-unsaturated/α-hetero) is 1. The molecule has 1 aliphatic rings. The molecule has 1 aromatic heterocycles. The number of thioether (sulfide) groups is 1. The average Bonchev–Trinajstić information content (AvgIpc) is 3.39. The van der Waals surface area contributed by atoms with Crippen molar-refractivity contribution in [2.24, 2.45) is 5.73 Å². The molecule has 8 nitrogen and oxygen atoms in total. The number of anilines is 1. The van der Waals surface area contributed by atoms with E-state index in [1.807, 2.05) is 11.8 Å². The van der Waals surface area contributed by atoms with Gasteiger partial charge < -0.3 is 25.4 Å². The Bertz CT molecular complexity index is 1400. The van der Waals surface area contributed by atoms with Crippen LogP contribution in [0.1, 0.15) is 57.4 Å². The molecule has 4 rings (SSSR count). The van der Waals surface area contributed by atoms with Crippen LogP contribution >= 0.6 is 11.8 Å². The van der Waals surface area contributed by atoms with E-state index < -0.39 is 0 Å². The van der Waals surface area contributed by atoms with E-state index in [0.29, 0.717) is 45.9 Å². The molecule has 3 N–H and O–H groups in total. The average molecular weight is 620 g/mol. The number of rotatable bonds is 20. The number of carbonyl (C=O) groups excluding carboxylic acids is 2. The molecule has 0 fully saturated rings. The van der Waals surface area contributed by atoms with Crippen LogP contribution in [0.2, 0.25) is 0 Å². The number of aryl methyl sites for hydroxylation is 1. The van der Waals surface area contributed by atoms with Gasteiger partial charge in [0.2, 0.25) is 11.4 Å². The molecule has 0 unspecified atom stereocenters. The fraction of sp³-hybridized carbons (Fsp3) is 0.457. The van der Waals surface area contributed by atoms with E-state index in [0.717, 1.165) is 38.8 Å². The summed E-state index contributed by atoms with van der Waals surface area (Å²) in [7, 11) is 0. The van der Waals surface area contributed by atoms with Gasteiger partial charge in [0, 0.05) is 62.3 Å². The highest BCUT2D eigenvalue weighted by Crippen LogP contribution is 2.46. The summed E-state index contributed by atoms with van der Waals surface area (Å²) < 4.78 is 12.9. The number of unbranched alkanes of at least 4 members (excludes halogenated alkanes) is 2. The molecule has 0 aliphatic carbocycles. The van der Waals surface area contributed by atoms with Gasteiger partial charge in [0.15, 0.2) is 6.20 Å². The van der Waals surface area contributed by atoms with Crippen LogP contribution in [-0.2, 0) is 25.6 Å². The number of nitrogens with zero attached hydrogens (tertiary/aromatic N) is 2. The maximum Gasteiger partial charge on any atom is 0.220 e. The van der Waals surface area contributed by atoms with Crippen molar-refractivity contribution < 1.29 is 23.6 Å². The second-order valence-corrected chi connectivity index (χ2v) is 12.0. The van der Waals surface area contributed by atoms with Crippen molar-refractivity contribution in [1.82, 2.24) is 5.32 Å². The lowest BCUT2D eigenvalue weighted by atomic mass is 10.1. The maximum absolute atomic E-state index is 12.4. The minimum atomic E-state index is -0.119. The van der Waals surface area contributed by atoms with Crippen LogP contribution in [0.3, 0.4) is 0 Å². The molecular formula is C35H47N4O4S+. The van der Waals surface area contributed by atoms with Gasteiger partial charge in [-0.2, -0.15) is 4.57 Å².